The van der Waals surface area contributed by atoms with Crippen LogP contribution in [0, 0.1) is 17.2 Å². The van der Waals surface area contributed by atoms with Crippen LogP contribution in [0.25, 0.3) is 0 Å². The van der Waals surface area contributed by atoms with Gasteiger partial charge in [0.15, 0.2) is 5.69 Å². The number of hydrogen-bond acceptors (Lipinski definition) is 8. The van der Waals surface area contributed by atoms with E-state index in [-0.39, 0.29) is 0 Å². The van der Waals surface area contributed by atoms with Crippen molar-refractivity contribution in [3.63, 3.8) is 0 Å². The summed E-state index contributed by atoms with van der Waals surface area (Å²) in [5, 5.41) is 22.0. The fourth-order valence-corrected chi connectivity index (χ4v) is 2.76. The summed E-state index contributed by atoms with van der Waals surface area (Å²) in [4.78, 5) is 8.15. The van der Waals surface area contributed by atoms with Crippen molar-refractivity contribution in [1.29, 1.82) is 5.26 Å². The van der Waals surface area contributed by atoms with Crippen molar-refractivity contribution >= 4 is 5.82 Å². The molecule has 24 heavy (non-hydrogen) atoms. The Morgan fingerprint density at radius 1 is 1.38 bits per heavy atom. The SMILES string of the molecule is N#Cc1cnc(NC2=CC(NC[C@@H]3CCCNC3)=C(N)CN2)cn1. The molecule has 0 radical (unpaired) electrons. The summed E-state index contributed by atoms with van der Waals surface area (Å²) in [5.74, 6) is 2.00. The Bertz CT molecular complexity index is 664. The highest BCUT2D eigenvalue weighted by Gasteiger charge is 2.15. The van der Waals surface area contributed by atoms with Crippen molar-refractivity contribution in [3.8, 4) is 6.07 Å². The van der Waals surface area contributed by atoms with Gasteiger partial charge >= 0.3 is 0 Å². The van der Waals surface area contributed by atoms with E-state index in [2.05, 4.69) is 31.2 Å². The first-order valence-electron chi connectivity index (χ1n) is 8.12. The number of piperidine rings is 1. The third-order valence-corrected chi connectivity index (χ3v) is 4.11. The Kier molecular flexibility index (Phi) is 5.13. The van der Waals surface area contributed by atoms with Gasteiger partial charge in [0.05, 0.1) is 30.3 Å². The first-order valence-corrected chi connectivity index (χ1v) is 8.12. The predicted octanol–water partition coefficient (Wildman–Crippen LogP) is -0.0357. The summed E-state index contributed by atoms with van der Waals surface area (Å²) in [5.41, 5.74) is 8.10. The van der Waals surface area contributed by atoms with Crippen LogP contribution in [0.4, 0.5) is 5.82 Å². The third kappa shape index (κ3) is 4.14. The lowest BCUT2D eigenvalue weighted by Gasteiger charge is -2.26. The number of aromatic nitrogens is 2. The maximum Gasteiger partial charge on any atom is 0.158 e. The number of hydrogen-bond donors (Lipinski definition) is 5. The Balaban J connectivity index is 1.60. The van der Waals surface area contributed by atoms with Gasteiger partial charge in [0.25, 0.3) is 0 Å². The number of allylic oxidation sites excluding steroid dienone is 1. The summed E-state index contributed by atoms with van der Waals surface area (Å²) in [6.45, 7) is 3.64. The highest BCUT2D eigenvalue weighted by atomic mass is 15.1. The normalized spacial score (nSPS) is 20.6. The lowest BCUT2D eigenvalue weighted by Crippen LogP contribution is -2.38. The van der Waals surface area contributed by atoms with Gasteiger partial charge < -0.3 is 27.0 Å². The summed E-state index contributed by atoms with van der Waals surface area (Å²) in [7, 11) is 0. The molecule has 2 aliphatic rings. The molecular weight excluding hydrogens is 304 g/mol. The van der Waals surface area contributed by atoms with Crippen LogP contribution in [0.3, 0.4) is 0 Å². The van der Waals surface area contributed by atoms with Crippen molar-refractivity contribution in [2.24, 2.45) is 11.7 Å². The largest absolute Gasteiger partial charge is 0.399 e. The fraction of sp³-hybridized carbons (Fsp3) is 0.438. The molecule has 1 aromatic heterocycles. The van der Waals surface area contributed by atoms with E-state index in [1.165, 1.54) is 25.2 Å². The van der Waals surface area contributed by atoms with Gasteiger partial charge in [-0.15, -0.1) is 0 Å². The first kappa shape index (κ1) is 16.1. The highest BCUT2D eigenvalue weighted by molar-refractivity contribution is 5.44. The van der Waals surface area contributed by atoms with Crippen LogP contribution in [-0.2, 0) is 0 Å². The van der Waals surface area contributed by atoms with Crippen molar-refractivity contribution < 1.29 is 0 Å². The number of anilines is 1. The van der Waals surface area contributed by atoms with Crippen molar-refractivity contribution in [2.45, 2.75) is 12.8 Å². The highest BCUT2D eigenvalue weighted by Crippen LogP contribution is 2.13. The molecule has 0 spiro atoms. The minimum Gasteiger partial charge on any atom is -0.399 e. The van der Waals surface area contributed by atoms with Gasteiger partial charge in [-0.25, -0.2) is 9.97 Å². The average Bonchev–Trinajstić information content (AvgIpc) is 2.63. The molecule has 0 saturated carbocycles. The van der Waals surface area contributed by atoms with Crippen LogP contribution in [0.2, 0.25) is 0 Å². The van der Waals surface area contributed by atoms with Gasteiger partial charge in [0.2, 0.25) is 0 Å². The number of rotatable bonds is 5. The lowest BCUT2D eigenvalue weighted by atomic mass is 9.99. The van der Waals surface area contributed by atoms with E-state index in [9.17, 15) is 0 Å². The second kappa shape index (κ2) is 7.66. The Labute approximate surface area is 141 Å². The molecule has 6 N–H and O–H groups in total. The van der Waals surface area contributed by atoms with Crippen LogP contribution < -0.4 is 27.0 Å². The van der Waals surface area contributed by atoms with Crippen LogP contribution in [0.15, 0.2) is 35.7 Å². The minimum atomic E-state index is 0.290. The summed E-state index contributed by atoms with van der Waals surface area (Å²) in [6, 6.07) is 1.95. The molecule has 1 fully saturated rings. The molecule has 8 nitrogen and oxygen atoms in total. The molecule has 0 amide bonds. The summed E-state index contributed by atoms with van der Waals surface area (Å²) >= 11 is 0. The van der Waals surface area contributed by atoms with E-state index >= 15 is 0 Å². The molecule has 0 aromatic carbocycles. The zero-order valence-corrected chi connectivity index (χ0v) is 13.5. The van der Waals surface area contributed by atoms with Crippen LogP contribution >= 0.6 is 0 Å². The van der Waals surface area contributed by atoms with Crippen molar-refractivity contribution in [2.75, 3.05) is 31.5 Å². The van der Waals surface area contributed by atoms with Gasteiger partial charge in [0.1, 0.15) is 17.7 Å². The molecule has 1 saturated heterocycles. The monoisotopic (exact) mass is 326 g/mol. The number of nitrogens with zero attached hydrogens (tertiary/aromatic N) is 3. The zero-order chi connectivity index (χ0) is 16.8. The minimum absolute atomic E-state index is 0.290. The van der Waals surface area contributed by atoms with Gasteiger partial charge in [0, 0.05) is 12.6 Å². The quantitative estimate of drug-likeness (QED) is 0.511. The third-order valence-electron chi connectivity index (χ3n) is 4.11. The molecule has 1 aromatic rings. The fourth-order valence-electron chi connectivity index (χ4n) is 2.76. The standard InChI is InChI=1S/C16H22N8/c17-5-12-8-22-16(10-20-12)24-15-4-14(13(18)9-23-15)21-7-11-2-1-3-19-6-11/h4,8,10-11,19,21,23H,1-3,6-7,9,18H2,(H,22,24)/t11-/m1/s1. The van der Waals surface area contributed by atoms with Gasteiger partial charge in [-0.3, -0.25) is 0 Å². The number of nitrogens with one attached hydrogen (secondary N) is 4. The number of nitrogens with two attached hydrogens (primary N) is 1. The van der Waals surface area contributed by atoms with Crippen LogP contribution in [0.5, 0.6) is 0 Å². The van der Waals surface area contributed by atoms with E-state index in [1.807, 2.05) is 12.1 Å². The Morgan fingerprint density at radius 3 is 3.00 bits per heavy atom. The van der Waals surface area contributed by atoms with Gasteiger partial charge in [-0.2, -0.15) is 5.26 Å². The second-order valence-corrected chi connectivity index (χ2v) is 5.97. The Morgan fingerprint density at radius 2 is 2.29 bits per heavy atom. The van der Waals surface area contributed by atoms with E-state index < -0.39 is 0 Å². The first-order chi connectivity index (χ1) is 11.7. The molecule has 3 heterocycles. The molecule has 0 aliphatic carbocycles. The topological polar surface area (TPSA) is 124 Å². The van der Waals surface area contributed by atoms with Gasteiger partial charge in [-0.05, 0) is 31.8 Å². The van der Waals surface area contributed by atoms with Crippen LogP contribution in [0.1, 0.15) is 18.5 Å². The van der Waals surface area contributed by atoms with Gasteiger partial charge in [-0.1, -0.05) is 0 Å². The molecular formula is C16H22N8. The van der Waals surface area contributed by atoms with E-state index in [4.69, 9.17) is 11.0 Å². The predicted molar refractivity (Wildman–Crippen MR) is 91.3 cm³/mol. The maximum atomic E-state index is 8.75. The summed E-state index contributed by atoms with van der Waals surface area (Å²) in [6.07, 6.45) is 7.37. The molecule has 8 heteroatoms. The van der Waals surface area contributed by atoms with Crippen molar-refractivity contribution in [1.82, 2.24) is 25.9 Å². The lowest BCUT2D eigenvalue weighted by molar-refractivity contribution is 0.370. The van der Waals surface area contributed by atoms with E-state index in [1.54, 1.807) is 0 Å². The second-order valence-electron chi connectivity index (χ2n) is 5.97. The molecule has 126 valence electrons. The average molecular weight is 326 g/mol. The Hall–Kier alpha value is -2.79. The summed E-state index contributed by atoms with van der Waals surface area (Å²) < 4.78 is 0. The van der Waals surface area contributed by atoms with Crippen molar-refractivity contribution in [3.05, 3.63) is 41.4 Å². The number of nitriles is 1. The maximum absolute atomic E-state index is 8.75. The van der Waals surface area contributed by atoms with E-state index in [0.29, 0.717) is 24.0 Å². The molecule has 0 unspecified atom stereocenters. The molecule has 1 atom stereocenters. The number of dihydropyridines is 1. The molecule has 0 bridgehead atoms. The smallest absolute Gasteiger partial charge is 0.158 e. The molecule has 2 aliphatic heterocycles. The molecule has 3 rings (SSSR count). The zero-order valence-electron chi connectivity index (χ0n) is 13.5. The van der Waals surface area contributed by atoms with E-state index in [0.717, 1.165) is 36.8 Å². The van der Waals surface area contributed by atoms with Crippen LogP contribution in [-0.4, -0.2) is 36.1 Å².